The Balaban J connectivity index is 1.65. The number of nitrogens with zero attached hydrogens (tertiary/aromatic N) is 3. The SMILES string of the molecule is O=C(Nc1ccc(F)c(-c2nc3ncc(Br)cc3[nH]2)c1)N1CCCC1. The molecule has 1 saturated heterocycles. The van der Waals surface area contributed by atoms with Crippen molar-refractivity contribution in [3.8, 4) is 11.4 Å². The number of nitrogens with one attached hydrogen (secondary N) is 2. The summed E-state index contributed by atoms with van der Waals surface area (Å²) in [6.07, 6.45) is 3.67. The van der Waals surface area contributed by atoms with E-state index >= 15 is 0 Å². The number of fused-ring (bicyclic) bond motifs is 1. The van der Waals surface area contributed by atoms with Crippen molar-refractivity contribution in [2.45, 2.75) is 12.8 Å². The van der Waals surface area contributed by atoms with Crippen molar-refractivity contribution < 1.29 is 9.18 Å². The first kappa shape index (κ1) is 16.0. The van der Waals surface area contributed by atoms with Gasteiger partial charge in [-0.1, -0.05) is 0 Å². The molecule has 1 aliphatic rings. The number of hydrogen-bond donors (Lipinski definition) is 2. The van der Waals surface area contributed by atoms with E-state index in [2.05, 4.69) is 36.2 Å². The molecule has 1 aromatic carbocycles. The third kappa shape index (κ3) is 3.21. The maximum Gasteiger partial charge on any atom is 0.321 e. The minimum Gasteiger partial charge on any atom is -0.336 e. The first-order valence-corrected chi connectivity index (χ1v) is 8.76. The van der Waals surface area contributed by atoms with Gasteiger partial charge in [0.15, 0.2) is 5.65 Å². The highest BCUT2D eigenvalue weighted by Crippen LogP contribution is 2.26. The summed E-state index contributed by atoms with van der Waals surface area (Å²) in [5.41, 5.74) is 2.02. The Kier molecular flexibility index (Phi) is 4.12. The quantitative estimate of drug-likeness (QED) is 0.674. The van der Waals surface area contributed by atoms with Crippen LogP contribution in [0.1, 0.15) is 12.8 Å². The maximum atomic E-state index is 14.3. The van der Waals surface area contributed by atoms with E-state index in [-0.39, 0.29) is 11.6 Å². The number of halogens is 2. The predicted molar refractivity (Wildman–Crippen MR) is 96.8 cm³/mol. The van der Waals surface area contributed by atoms with Gasteiger partial charge in [-0.3, -0.25) is 0 Å². The third-order valence-electron chi connectivity index (χ3n) is 4.17. The standard InChI is InChI=1S/C17H15BrFN5O/c18-10-7-14-16(20-9-10)23-15(22-14)12-8-11(3-4-13(12)19)21-17(25)24-5-1-2-6-24/h3-4,7-9H,1-2,5-6H2,(H,21,25)(H,20,22,23). The lowest BCUT2D eigenvalue weighted by Crippen LogP contribution is -2.32. The van der Waals surface area contributed by atoms with Crippen LogP contribution in [0, 0.1) is 5.82 Å². The van der Waals surface area contributed by atoms with Gasteiger partial charge in [0.2, 0.25) is 0 Å². The number of aromatic nitrogens is 3. The van der Waals surface area contributed by atoms with E-state index in [0.29, 0.717) is 22.7 Å². The summed E-state index contributed by atoms with van der Waals surface area (Å²) < 4.78 is 15.1. The van der Waals surface area contributed by atoms with Crippen LogP contribution in [0.25, 0.3) is 22.6 Å². The lowest BCUT2D eigenvalue weighted by molar-refractivity contribution is 0.222. The zero-order chi connectivity index (χ0) is 17.4. The Morgan fingerprint density at radius 3 is 2.88 bits per heavy atom. The smallest absolute Gasteiger partial charge is 0.321 e. The van der Waals surface area contributed by atoms with Crippen LogP contribution in [0.5, 0.6) is 0 Å². The maximum absolute atomic E-state index is 14.3. The molecule has 2 N–H and O–H groups in total. The molecule has 0 spiro atoms. The highest BCUT2D eigenvalue weighted by molar-refractivity contribution is 9.10. The van der Waals surface area contributed by atoms with Gasteiger partial charge in [-0.2, -0.15) is 0 Å². The van der Waals surface area contributed by atoms with Gasteiger partial charge in [0.05, 0.1) is 11.1 Å². The summed E-state index contributed by atoms with van der Waals surface area (Å²) >= 11 is 3.35. The van der Waals surface area contributed by atoms with E-state index in [1.807, 2.05) is 6.07 Å². The lowest BCUT2D eigenvalue weighted by Gasteiger charge is -2.16. The summed E-state index contributed by atoms with van der Waals surface area (Å²) in [7, 11) is 0. The molecule has 3 heterocycles. The van der Waals surface area contributed by atoms with Crippen LogP contribution in [0.3, 0.4) is 0 Å². The number of carbonyl (C=O) groups is 1. The van der Waals surface area contributed by atoms with Crippen LogP contribution >= 0.6 is 15.9 Å². The van der Waals surface area contributed by atoms with E-state index in [9.17, 15) is 9.18 Å². The van der Waals surface area contributed by atoms with E-state index in [4.69, 9.17) is 0 Å². The van der Waals surface area contributed by atoms with Gasteiger partial charge in [-0.15, -0.1) is 0 Å². The third-order valence-corrected chi connectivity index (χ3v) is 4.60. The molecule has 4 rings (SSSR count). The second-order valence-corrected chi connectivity index (χ2v) is 6.84. The fourth-order valence-corrected chi connectivity index (χ4v) is 3.24. The molecule has 3 aromatic rings. The molecular formula is C17H15BrFN5O. The number of urea groups is 1. The summed E-state index contributed by atoms with van der Waals surface area (Å²) in [6.45, 7) is 1.51. The zero-order valence-electron chi connectivity index (χ0n) is 13.2. The van der Waals surface area contributed by atoms with E-state index < -0.39 is 5.82 Å². The summed E-state index contributed by atoms with van der Waals surface area (Å²) in [6, 6.07) is 6.12. The molecule has 0 aliphatic carbocycles. The van der Waals surface area contributed by atoms with Crippen molar-refractivity contribution in [3.63, 3.8) is 0 Å². The molecule has 128 valence electrons. The first-order chi connectivity index (χ1) is 12.1. The number of hydrogen-bond acceptors (Lipinski definition) is 3. The number of imidazole rings is 1. The summed E-state index contributed by atoms with van der Waals surface area (Å²) in [4.78, 5) is 25.5. The monoisotopic (exact) mass is 403 g/mol. The Bertz CT molecular complexity index is 951. The van der Waals surface area contributed by atoms with Gasteiger partial charge < -0.3 is 15.2 Å². The molecule has 2 amide bonds. The topological polar surface area (TPSA) is 73.9 Å². The van der Waals surface area contributed by atoms with Gasteiger partial charge in [-0.25, -0.2) is 19.2 Å². The number of likely N-dealkylation sites (tertiary alicyclic amines) is 1. The van der Waals surface area contributed by atoms with Gasteiger partial charge in [0.1, 0.15) is 11.6 Å². The number of benzene rings is 1. The number of carbonyl (C=O) groups excluding carboxylic acids is 1. The number of H-pyrrole nitrogens is 1. The molecule has 0 bridgehead atoms. The van der Waals surface area contributed by atoms with Crippen LogP contribution in [0.2, 0.25) is 0 Å². The van der Waals surface area contributed by atoms with Gasteiger partial charge >= 0.3 is 6.03 Å². The van der Waals surface area contributed by atoms with Gasteiger partial charge in [0, 0.05) is 29.4 Å². The van der Waals surface area contributed by atoms with Crippen LogP contribution in [-0.2, 0) is 0 Å². The molecule has 0 unspecified atom stereocenters. The van der Waals surface area contributed by atoms with Crippen LogP contribution in [0.15, 0.2) is 34.9 Å². The highest BCUT2D eigenvalue weighted by Gasteiger charge is 2.19. The van der Waals surface area contributed by atoms with Crippen LogP contribution in [0.4, 0.5) is 14.9 Å². The number of amides is 2. The Labute approximate surface area is 151 Å². The average Bonchev–Trinajstić information content (AvgIpc) is 3.25. The zero-order valence-corrected chi connectivity index (χ0v) is 14.8. The van der Waals surface area contributed by atoms with Crippen molar-refractivity contribution in [2.24, 2.45) is 0 Å². The van der Waals surface area contributed by atoms with Crippen molar-refractivity contribution in [3.05, 3.63) is 40.8 Å². The fourth-order valence-electron chi connectivity index (χ4n) is 2.91. The van der Waals surface area contributed by atoms with E-state index in [1.165, 1.54) is 6.07 Å². The molecule has 0 atom stereocenters. The molecular weight excluding hydrogens is 389 g/mol. The second-order valence-electron chi connectivity index (χ2n) is 5.93. The van der Waals surface area contributed by atoms with Crippen molar-refractivity contribution in [2.75, 3.05) is 18.4 Å². The first-order valence-electron chi connectivity index (χ1n) is 7.97. The lowest BCUT2D eigenvalue weighted by atomic mass is 10.1. The Hall–Kier alpha value is -2.48. The molecule has 25 heavy (non-hydrogen) atoms. The van der Waals surface area contributed by atoms with Gasteiger partial charge in [-0.05, 0) is 53.0 Å². The molecule has 6 nitrogen and oxygen atoms in total. The van der Waals surface area contributed by atoms with Crippen LogP contribution < -0.4 is 5.32 Å². The molecule has 2 aromatic heterocycles. The molecule has 1 aliphatic heterocycles. The van der Waals surface area contributed by atoms with Crippen molar-refractivity contribution >= 4 is 38.8 Å². The highest BCUT2D eigenvalue weighted by atomic mass is 79.9. The van der Waals surface area contributed by atoms with Crippen LogP contribution in [-0.4, -0.2) is 39.0 Å². The minimum atomic E-state index is -0.419. The number of rotatable bonds is 2. The molecule has 0 radical (unpaired) electrons. The normalized spacial score (nSPS) is 14.2. The summed E-state index contributed by atoms with van der Waals surface area (Å²) in [5.74, 6) is -0.0485. The van der Waals surface area contributed by atoms with Crippen molar-refractivity contribution in [1.82, 2.24) is 19.9 Å². The number of aromatic amines is 1. The van der Waals surface area contributed by atoms with Crippen molar-refractivity contribution in [1.29, 1.82) is 0 Å². The number of pyridine rings is 1. The molecule has 0 saturated carbocycles. The van der Waals surface area contributed by atoms with Gasteiger partial charge in [0.25, 0.3) is 0 Å². The predicted octanol–water partition coefficient (Wildman–Crippen LogP) is 4.15. The van der Waals surface area contributed by atoms with E-state index in [1.54, 1.807) is 23.2 Å². The Morgan fingerprint density at radius 1 is 1.28 bits per heavy atom. The largest absolute Gasteiger partial charge is 0.336 e. The molecule has 1 fully saturated rings. The second kappa shape index (κ2) is 6.44. The average molecular weight is 404 g/mol. The minimum absolute atomic E-state index is 0.162. The summed E-state index contributed by atoms with van der Waals surface area (Å²) in [5, 5.41) is 2.82. The number of anilines is 1. The van der Waals surface area contributed by atoms with E-state index in [0.717, 1.165) is 30.4 Å². The fraction of sp³-hybridized carbons (Fsp3) is 0.235. The Morgan fingerprint density at radius 2 is 2.08 bits per heavy atom. The molecule has 8 heteroatoms.